The zero-order valence-corrected chi connectivity index (χ0v) is 12.5. The van der Waals surface area contributed by atoms with Gasteiger partial charge in [0, 0.05) is 36.7 Å². The van der Waals surface area contributed by atoms with Gasteiger partial charge in [-0.2, -0.15) is 0 Å². The first kappa shape index (κ1) is 13.8. The number of nitrogens with zero attached hydrogens (tertiary/aromatic N) is 4. The lowest BCUT2D eigenvalue weighted by Gasteiger charge is -2.33. The van der Waals surface area contributed by atoms with Gasteiger partial charge in [-0.1, -0.05) is 6.07 Å². The molecule has 2 aromatic rings. The van der Waals surface area contributed by atoms with Crippen molar-refractivity contribution in [2.24, 2.45) is 0 Å². The Bertz CT molecular complexity index is 708. The van der Waals surface area contributed by atoms with Gasteiger partial charge >= 0.3 is 0 Å². The van der Waals surface area contributed by atoms with E-state index in [9.17, 15) is 8.78 Å². The van der Waals surface area contributed by atoms with E-state index in [1.54, 1.807) is 0 Å². The summed E-state index contributed by atoms with van der Waals surface area (Å²) >= 11 is 0. The third-order valence-corrected chi connectivity index (χ3v) is 4.71. The highest BCUT2D eigenvalue weighted by Gasteiger charge is 2.33. The molecule has 1 saturated carbocycles. The molecule has 2 aliphatic rings. The maximum absolute atomic E-state index is 14.0. The van der Waals surface area contributed by atoms with Gasteiger partial charge in [0.25, 0.3) is 0 Å². The Morgan fingerprint density at radius 2 is 2.00 bits per heavy atom. The molecule has 0 N–H and O–H groups in total. The predicted octanol–water partition coefficient (Wildman–Crippen LogP) is 3.01. The summed E-state index contributed by atoms with van der Waals surface area (Å²) in [5.74, 6) is 1.61. The van der Waals surface area contributed by atoms with Gasteiger partial charge in [-0.25, -0.2) is 8.78 Å². The van der Waals surface area contributed by atoms with Crippen molar-refractivity contribution >= 4 is 0 Å². The van der Waals surface area contributed by atoms with Crippen LogP contribution in [0.15, 0.2) is 18.2 Å². The minimum Gasteiger partial charge on any atom is -0.312 e. The smallest absolute Gasteiger partial charge is 0.147 e. The molecule has 4 rings (SSSR count). The first-order valence-corrected chi connectivity index (χ1v) is 7.74. The van der Waals surface area contributed by atoms with Crippen LogP contribution in [0.1, 0.15) is 48.9 Å². The van der Waals surface area contributed by atoms with Crippen LogP contribution in [0.3, 0.4) is 0 Å². The Balaban J connectivity index is 1.56. The van der Waals surface area contributed by atoms with Crippen LogP contribution >= 0.6 is 0 Å². The zero-order valence-electron chi connectivity index (χ0n) is 12.5. The molecule has 4 nitrogen and oxygen atoms in total. The topological polar surface area (TPSA) is 34.0 Å². The lowest BCUT2D eigenvalue weighted by molar-refractivity contribution is 0.159. The van der Waals surface area contributed by atoms with E-state index in [-0.39, 0.29) is 6.04 Å². The summed E-state index contributed by atoms with van der Waals surface area (Å²) in [5.41, 5.74) is 0.525. The van der Waals surface area contributed by atoms with Crippen molar-refractivity contribution in [3.63, 3.8) is 0 Å². The first-order chi connectivity index (χ1) is 10.6. The predicted molar refractivity (Wildman–Crippen MR) is 77.2 cm³/mol. The van der Waals surface area contributed by atoms with Crippen LogP contribution in [-0.2, 0) is 13.1 Å². The maximum atomic E-state index is 14.0. The van der Waals surface area contributed by atoms with E-state index in [1.165, 1.54) is 25.0 Å². The number of fused-ring (bicyclic) bond motifs is 1. The van der Waals surface area contributed by atoms with Gasteiger partial charge in [0.05, 0.1) is 6.54 Å². The lowest BCUT2D eigenvalue weighted by Crippen LogP contribution is -2.36. The van der Waals surface area contributed by atoms with Crippen molar-refractivity contribution < 1.29 is 8.78 Å². The van der Waals surface area contributed by atoms with E-state index in [4.69, 9.17) is 0 Å². The molecule has 0 spiro atoms. The fourth-order valence-electron chi connectivity index (χ4n) is 3.21. The van der Waals surface area contributed by atoms with Crippen LogP contribution in [0, 0.1) is 11.6 Å². The molecule has 1 aromatic heterocycles. The molecular weight excluding hydrogens is 286 g/mol. The van der Waals surface area contributed by atoms with E-state index < -0.39 is 11.6 Å². The summed E-state index contributed by atoms with van der Waals surface area (Å²) < 4.78 is 29.2. The molecule has 0 radical (unpaired) electrons. The largest absolute Gasteiger partial charge is 0.312 e. The van der Waals surface area contributed by atoms with Crippen molar-refractivity contribution in [2.45, 2.75) is 44.8 Å². The normalized spacial score (nSPS) is 20.0. The average molecular weight is 304 g/mol. The van der Waals surface area contributed by atoms with Crippen LogP contribution in [-0.4, -0.2) is 26.2 Å². The first-order valence-electron chi connectivity index (χ1n) is 7.74. The highest BCUT2D eigenvalue weighted by Crippen LogP contribution is 2.40. The fourth-order valence-corrected chi connectivity index (χ4v) is 3.21. The molecule has 1 aromatic carbocycles. The Morgan fingerprint density at radius 1 is 1.18 bits per heavy atom. The monoisotopic (exact) mass is 304 g/mol. The van der Waals surface area contributed by atoms with Crippen LogP contribution in [0.5, 0.6) is 0 Å². The van der Waals surface area contributed by atoms with Gasteiger partial charge in [-0.3, -0.25) is 4.90 Å². The number of aromatic nitrogens is 3. The highest BCUT2D eigenvalue weighted by atomic mass is 19.1. The molecule has 1 atom stereocenters. The van der Waals surface area contributed by atoms with Gasteiger partial charge in [0.2, 0.25) is 0 Å². The van der Waals surface area contributed by atoms with Gasteiger partial charge in [-0.05, 0) is 25.8 Å². The summed E-state index contributed by atoms with van der Waals surface area (Å²) in [5, 5.41) is 8.62. The highest BCUT2D eigenvalue weighted by molar-refractivity contribution is 5.22. The zero-order chi connectivity index (χ0) is 15.3. The molecule has 1 unspecified atom stereocenters. The number of hydrogen-bond acceptors (Lipinski definition) is 3. The summed E-state index contributed by atoms with van der Waals surface area (Å²) in [6, 6.07) is 3.68. The van der Waals surface area contributed by atoms with Gasteiger partial charge in [-0.15, -0.1) is 10.2 Å². The second kappa shape index (κ2) is 5.12. The van der Waals surface area contributed by atoms with E-state index in [2.05, 4.69) is 19.7 Å². The Labute approximate surface area is 127 Å². The van der Waals surface area contributed by atoms with Crippen molar-refractivity contribution in [1.29, 1.82) is 0 Å². The number of hydrogen-bond donors (Lipinski definition) is 0. The SMILES string of the molecule is CC(c1ccc(F)cc1F)N1CCn2c(nnc2C2CC2)C1. The molecule has 0 amide bonds. The van der Waals surface area contributed by atoms with Crippen molar-refractivity contribution in [3.05, 3.63) is 47.0 Å². The van der Waals surface area contributed by atoms with Gasteiger partial charge < -0.3 is 4.57 Å². The molecule has 1 fully saturated rings. The number of rotatable bonds is 3. The van der Waals surface area contributed by atoms with E-state index >= 15 is 0 Å². The standard InChI is InChI=1S/C16H18F2N4/c1-10(13-5-4-12(17)8-14(13)18)21-6-7-22-15(9-21)19-20-16(22)11-2-3-11/h4-5,8,10-11H,2-3,6-7,9H2,1H3. The van der Waals surface area contributed by atoms with Gasteiger partial charge in [0.15, 0.2) is 0 Å². The van der Waals surface area contributed by atoms with E-state index in [0.717, 1.165) is 30.8 Å². The van der Waals surface area contributed by atoms with Crippen molar-refractivity contribution in [1.82, 2.24) is 19.7 Å². The Hall–Kier alpha value is -1.82. The van der Waals surface area contributed by atoms with E-state index in [0.29, 0.717) is 18.0 Å². The Morgan fingerprint density at radius 3 is 2.73 bits per heavy atom. The summed E-state index contributed by atoms with van der Waals surface area (Å²) in [4.78, 5) is 2.16. The minimum atomic E-state index is -0.541. The van der Waals surface area contributed by atoms with Crippen LogP contribution in [0.4, 0.5) is 8.78 Å². The maximum Gasteiger partial charge on any atom is 0.147 e. The second-order valence-corrected chi connectivity index (χ2v) is 6.21. The second-order valence-electron chi connectivity index (χ2n) is 6.21. The summed E-state index contributed by atoms with van der Waals surface area (Å²) in [6.45, 7) is 4.26. The lowest BCUT2D eigenvalue weighted by atomic mass is 10.1. The molecule has 1 aliphatic heterocycles. The molecule has 0 bridgehead atoms. The van der Waals surface area contributed by atoms with Crippen molar-refractivity contribution in [2.75, 3.05) is 6.54 Å². The minimum absolute atomic E-state index is 0.115. The third-order valence-electron chi connectivity index (χ3n) is 4.71. The molecular formula is C16H18F2N4. The van der Waals surface area contributed by atoms with Crippen molar-refractivity contribution in [3.8, 4) is 0 Å². The van der Waals surface area contributed by atoms with Crippen LogP contribution < -0.4 is 0 Å². The molecule has 22 heavy (non-hydrogen) atoms. The summed E-state index contributed by atoms with van der Waals surface area (Å²) in [6.07, 6.45) is 2.41. The van der Waals surface area contributed by atoms with Gasteiger partial charge in [0.1, 0.15) is 23.3 Å². The molecule has 6 heteroatoms. The fraction of sp³-hybridized carbons (Fsp3) is 0.500. The Kier molecular flexibility index (Phi) is 3.22. The quantitative estimate of drug-likeness (QED) is 0.874. The molecule has 116 valence electrons. The molecule has 2 heterocycles. The average Bonchev–Trinajstić information content (AvgIpc) is 3.26. The van der Waals surface area contributed by atoms with Crippen LogP contribution in [0.25, 0.3) is 0 Å². The molecule has 0 saturated heterocycles. The van der Waals surface area contributed by atoms with Crippen LogP contribution in [0.2, 0.25) is 0 Å². The number of halogens is 2. The number of benzene rings is 1. The molecule has 1 aliphatic carbocycles. The third kappa shape index (κ3) is 2.31. The summed E-state index contributed by atoms with van der Waals surface area (Å²) in [7, 11) is 0. The van der Waals surface area contributed by atoms with E-state index in [1.807, 2.05) is 6.92 Å².